The number of hydrogen-bond donors (Lipinski definition) is 1. The van der Waals surface area contributed by atoms with Gasteiger partial charge in [0.05, 0.1) is 16.0 Å². The molecular formula is C20H23Cl2N3O. The van der Waals surface area contributed by atoms with Crippen molar-refractivity contribution in [1.29, 1.82) is 0 Å². The minimum absolute atomic E-state index is 0.136. The molecule has 3 rings (SSSR count). The molecule has 1 saturated heterocycles. The average molecular weight is 392 g/mol. The number of nitrogens with zero attached hydrogens (tertiary/aromatic N) is 2. The van der Waals surface area contributed by atoms with Gasteiger partial charge in [0.25, 0.3) is 0 Å². The average Bonchev–Trinajstić information content (AvgIpc) is 2.60. The van der Waals surface area contributed by atoms with Crippen molar-refractivity contribution >= 4 is 34.8 Å². The molecule has 0 aromatic heterocycles. The summed E-state index contributed by atoms with van der Waals surface area (Å²) in [6.07, 6.45) is 0. The lowest BCUT2D eigenvalue weighted by Crippen LogP contribution is -2.52. The summed E-state index contributed by atoms with van der Waals surface area (Å²) in [7, 11) is 3.75. The molecule has 0 saturated carbocycles. The molecule has 138 valence electrons. The molecule has 1 fully saturated rings. The SMILES string of the molecule is CNC(=O)C1CN(Cc2ccc(N(C)Cc3ccc(Cl)c(Cl)c3)cc2)C1. The normalized spacial score (nSPS) is 14.8. The van der Waals surface area contributed by atoms with Crippen LogP contribution in [0.1, 0.15) is 11.1 Å². The number of amides is 1. The third-order valence-corrected chi connectivity index (χ3v) is 5.50. The van der Waals surface area contributed by atoms with Crippen molar-refractivity contribution in [3.63, 3.8) is 0 Å². The maximum atomic E-state index is 11.5. The lowest BCUT2D eigenvalue weighted by atomic mass is 9.98. The number of halogens is 2. The predicted octanol–water partition coefficient (Wildman–Crippen LogP) is 3.81. The molecule has 1 N–H and O–H groups in total. The van der Waals surface area contributed by atoms with E-state index in [1.165, 1.54) is 5.56 Å². The van der Waals surface area contributed by atoms with Gasteiger partial charge in [0.1, 0.15) is 0 Å². The summed E-state index contributed by atoms with van der Waals surface area (Å²) in [6, 6.07) is 14.3. The smallest absolute Gasteiger partial charge is 0.225 e. The third-order valence-electron chi connectivity index (χ3n) is 4.76. The van der Waals surface area contributed by atoms with Crippen LogP contribution in [-0.4, -0.2) is 38.0 Å². The fourth-order valence-electron chi connectivity index (χ4n) is 3.19. The zero-order chi connectivity index (χ0) is 18.7. The van der Waals surface area contributed by atoms with E-state index in [0.717, 1.165) is 37.4 Å². The van der Waals surface area contributed by atoms with Crippen LogP contribution >= 0.6 is 23.2 Å². The number of rotatable bonds is 6. The van der Waals surface area contributed by atoms with E-state index in [1.807, 2.05) is 18.2 Å². The van der Waals surface area contributed by atoms with Crippen molar-refractivity contribution < 1.29 is 4.79 Å². The first-order valence-electron chi connectivity index (χ1n) is 8.64. The first kappa shape index (κ1) is 19.0. The summed E-state index contributed by atoms with van der Waals surface area (Å²) in [6.45, 7) is 3.30. The lowest BCUT2D eigenvalue weighted by molar-refractivity contribution is -0.129. The highest BCUT2D eigenvalue weighted by molar-refractivity contribution is 6.42. The van der Waals surface area contributed by atoms with Gasteiger partial charge in [-0.05, 0) is 35.4 Å². The third kappa shape index (κ3) is 4.50. The molecule has 1 aliphatic rings. The summed E-state index contributed by atoms with van der Waals surface area (Å²) in [5, 5.41) is 3.87. The zero-order valence-electron chi connectivity index (χ0n) is 15.0. The number of likely N-dealkylation sites (tertiary alicyclic amines) is 1. The highest BCUT2D eigenvalue weighted by Gasteiger charge is 2.31. The first-order chi connectivity index (χ1) is 12.5. The Labute approximate surface area is 164 Å². The predicted molar refractivity (Wildman–Crippen MR) is 108 cm³/mol. The van der Waals surface area contributed by atoms with Crippen molar-refractivity contribution in [2.75, 3.05) is 32.1 Å². The van der Waals surface area contributed by atoms with Gasteiger partial charge in [0, 0.05) is 46.0 Å². The Morgan fingerprint density at radius 1 is 1.12 bits per heavy atom. The second kappa shape index (κ2) is 8.30. The Morgan fingerprint density at radius 2 is 1.77 bits per heavy atom. The highest BCUT2D eigenvalue weighted by atomic mass is 35.5. The molecule has 2 aromatic rings. The van der Waals surface area contributed by atoms with Crippen LogP contribution in [0.15, 0.2) is 42.5 Å². The van der Waals surface area contributed by atoms with Crippen LogP contribution in [0.3, 0.4) is 0 Å². The lowest BCUT2D eigenvalue weighted by Gasteiger charge is -2.38. The van der Waals surface area contributed by atoms with Gasteiger partial charge in [-0.2, -0.15) is 0 Å². The molecule has 0 aliphatic carbocycles. The Hall–Kier alpha value is -1.75. The van der Waals surface area contributed by atoms with E-state index in [9.17, 15) is 4.79 Å². The Balaban J connectivity index is 1.54. The van der Waals surface area contributed by atoms with Gasteiger partial charge in [0.2, 0.25) is 5.91 Å². The Kier molecular flexibility index (Phi) is 6.07. The van der Waals surface area contributed by atoms with Crippen molar-refractivity contribution in [1.82, 2.24) is 10.2 Å². The second-order valence-electron chi connectivity index (χ2n) is 6.78. The van der Waals surface area contributed by atoms with Gasteiger partial charge >= 0.3 is 0 Å². The van der Waals surface area contributed by atoms with Crippen molar-refractivity contribution in [3.8, 4) is 0 Å². The van der Waals surface area contributed by atoms with Crippen LogP contribution < -0.4 is 10.2 Å². The molecule has 0 bridgehead atoms. The van der Waals surface area contributed by atoms with Gasteiger partial charge in [-0.15, -0.1) is 0 Å². The summed E-state index contributed by atoms with van der Waals surface area (Å²) < 4.78 is 0. The molecule has 0 unspecified atom stereocenters. The number of anilines is 1. The topological polar surface area (TPSA) is 35.6 Å². The molecule has 6 heteroatoms. The van der Waals surface area contributed by atoms with E-state index in [0.29, 0.717) is 10.0 Å². The number of benzene rings is 2. The van der Waals surface area contributed by atoms with Crippen molar-refractivity contribution in [3.05, 3.63) is 63.6 Å². The van der Waals surface area contributed by atoms with Gasteiger partial charge in [-0.1, -0.05) is 41.4 Å². The van der Waals surface area contributed by atoms with Crippen LogP contribution in [0.4, 0.5) is 5.69 Å². The minimum atomic E-state index is 0.136. The summed E-state index contributed by atoms with van der Waals surface area (Å²) >= 11 is 12.1. The molecule has 0 atom stereocenters. The van der Waals surface area contributed by atoms with E-state index >= 15 is 0 Å². The van der Waals surface area contributed by atoms with E-state index < -0.39 is 0 Å². The molecule has 2 aromatic carbocycles. The number of hydrogen-bond acceptors (Lipinski definition) is 3. The molecule has 0 spiro atoms. The van der Waals surface area contributed by atoms with E-state index in [4.69, 9.17) is 23.2 Å². The van der Waals surface area contributed by atoms with Crippen LogP contribution in [0.5, 0.6) is 0 Å². The fourth-order valence-corrected chi connectivity index (χ4v) is 3.51. The van der Waals surface area contributed by atoms with Crippen LogP contribution in [0.25, 0.3) is 0 Å². The maximum absolute atomic E-state index is 11.5. The number of nitrogens with one attached hydrogen (secondary N) is 1. The van der Waals surface area contributed by atoms with Gasteiger partial charge < -0.3 is 10.2 Å². The quantitative estimate of drug-likeness (QED) is 0.812. The molecule has 26 heavy (non-hydrogen) atoms. The number of carbonyl (C=O) groups is 1. The maximum Gasteiger partial charge on any atom is 0.225 e. The molecule has 1 heterocycles. The van der Waals surface area contributed by atoms with Gasteiger partial charge in [0.15, 0.2) is 0 Å². The van der Waals surface area contributed by atoms with Gasteiger partial charge in [-0.3, -0.25) is 9.69 Å². The molecule has 0 radical (unpaired) electrons. The Bertz CT molecular complexity index is 773. The molecule has 1 amide bonds. The van der Waals surface area contributed by atoms with E-state index in [2.05, 4.69) is 46.4 Å². The summed E-state index contributed by atoms with van der Waals surface area (Å²) in [5.41, 5.74) is 3.52. The minimum Gasteiger partial charge on any atom is -0.370 e. The molecule has 4 nitrogen and oxygen atoms in total. The van der Waals surface area contributed by atoms with Crippen molar-refractivity contribution in [2.45, 2.75) is 13.1 Å². The first-order valence-corrected chi connectivity index (χ1v) is 9.40. The number of carbonyl (C=O) groups excluding carboxylic acids is 1. The zero-order valence-corrected chi connectivity index (χ0v) is 16.5. The highest BCUT2D eigenvalue weighted by Crippen LogP contribution is 2.25. The summed E-state index contributed by atoms with van der Waals surface area (Å²) in [5.74, 6) is 0.275. The van der Waals surface area contributed by atoms with Crippen LogP contribution in [0.2, 0.25) is 10.0 Å². The van der Waals surface area contributed by atoms with E-state index in [-0.39, 0.29) is 11.8 Å². The van der Waals surface area contributed by atoms with Crippen LogP contribution in [-0.2, 0) is 17.9 Å². The largest absolute Gasteiger partial charge is 0.370 e. The van der Waals surface area contributed by atoms with Crippen molar-refractivity contribution in [2.24, 2.45) is 5.92 Å². The van der Waals surface area contributed by atoms with Crippen LogP contribution in [0, 0.1) is 5.92 Å². The van der Waals surface area contributed by atoms with Gasteiger partial charge in [-0.25, -0.2) is 0 Å². The monoisotopic (exact) mass is 391 g/mol. The van der Waals surface area contributed by atoms with E-state index in [1.54, 1.807) is 7.05 Å². The molecular weight excluding hydrogens is 369 g/mol. The standard InChI is InChI=1S/C20H23Cl2N3O/c1-23-20(26)16-12-25(13-16)11-14-3-6-17(7-4-14)24(2)10-15-5-8-18(21)19(22)9-15/h3-9,16H,10-13H2,1-2H3,(H,23,26). The molecule has 1 aliphatic heterocycles. The summed E-state index contributed by atoms with van der Waals surface area (Å²) in [4.78, 5) is 16.0. The fraction of sp³-hybridized carbons (Fsp3) is 0.350. The Morgan fingerprint density at radius 3 is 2.38 bits per heavy atom. The second-order valence-corrected chi connectivity index (χ2v) is 7.59.